The lowest BCUT2D eigenvalue weighted by atomic mass is 10.0. The number of hydrogen-bond acceptors (Lipinski definition) is 0. The molecule has 1 heterocycles. The number of aromatic nitrogens is 1. The lowest BCUT2D eigenvalue weighted by molar-refractivity contribution is 0.869. The Hall–Kier alpha value is -2.02. The summed E-state index contributed by atoms with van der Waals surface area (Å²) in [7, 11) is 0. The number of H-pyrrole nitrogens is 1. The topological polar surface area (TPSA) is 15.8 Å². The predicted molar refractivity (Wildman–Crippen MR) is 87.2 cm³/mol. The van der Waals surface area contributed by atoms with E-state index in [4.69, 9.17) is 0 Å². The fourth-order valence-electron chi connectivity index (χ4n) is 2.59. The molecule has 1 heteroatoms. The van der Waals surface area contributed by atoms with Crippen LogP contribution in [0.25, 0.3) is 22.2 Å². The first-order valence-corrected chi connectivity index (χ1v) is 7.39. The fraction of sp³-hybridized carbons (Fsp3) is 0.263. The van der Waals surface area contributed by atoms with Gasteiger partial charge in [0.1, 0.15) is 0 Å². The van der Waals surface area contributed by atoms with E-state index in [2.05, 4.69) is 74.3 Å². The van der Waals surface area contributed by atoms with Crippen molar-refractivity contribution in [3.8, 4) is 11.3 Å². The van der Waals surface area contributed by atoms with Gasteiger partial charge in [0.25, 0.3) is 0 Å². The van der Waals surface area contributed by atoms with Gasteiger partial charge in [-0.3, -0.25) is 0 Å². The molecular formula is C19H21N. The quantitative estimate of drug-likeness (QED) is 0.640. The van der Waals surface area contributed by atoms with Crippen molar-refractivity contribution in [1.82, 2.24) is 4.98 Å². The molecule has 0 fully saturated rings. The molecule has 0 radical (unpaired) electrons. The molecule has 0 aliphatic carbocycles. The van der Waals surface area contributed by atoms with Crippen LogP contribution >= 0.6 is 0 Å². The Kier molecular flexibility index (Phi) is 3.35. The van der Waals surface area contributed by atoms with E-state index in [1.807, 2.05) is 0 Å². The van der Waals surface area contributed by atoms with Crippen LogP contribution in [0.1, 0.15) is 37.8 Å². The molecule has 0 saturated heterocycles. The van der Waals surface area contributed by atoms with Gasteiger partial charge in [0, 0.05) is 16.6 Å². The molecule has 0 aliphatic heterocycles. The van der Waals surface area contributed by atoms with Crippen LogP contribution in [0.3, 0.4) is 0 Å². The molecule has 0 aliphatic rings. The summed E-state index contributed by atoms with van der Waals surface area (Å²) in [5.74, 6) is 0.571. The number of nitrogens with one attached hydrogen (secondary N) is 1. The largest absolute Gasteiger partial charge is 0.355 e. The molecule has 0 spiro atoms. The SMILES string of the molecule is CCc1ccc(-c2cc3cc(C(C)C)ccc3[nH]2)cc1. The summed E-state index contributed by atoms with van der Waals surface area (Å²) in [6.07, 6.45) is 1.09. The van der Waals surface area contributed by atoms with Crippen molar-refractivity contribution in [2.24, 2.45) is 0 Å². The van der Waals surface area contributed by atoms with E-state index in [-0.39, 0.29) is 0 Å². The first-order valence-electron chi connectivity index (χ1n) is 7.39. The Labute approximate surface area is 120 Å². The summed E-state index contributed by atoms with van der Waals surface area (Å²) in [4.78, 5) is 3.52. The molecular weight excluding hydrogens is 242 g/mol. The van der Waals surface area contributed by atoms with E-state index >= 15 is 0 Å². The second-order valence-electron chi connectivity index (χ2n) is 5.73. The van der Waals surface area contributed by atoms with Crippen LogP contribution in [0, 0.1) is 0 Å². The number of aromatic amines is 1. The van der Waals surface area contributed by atoms with Crippen molar-refractivity contribution in [2.75, 3.05) is 0 Å². The van der Waals surface area contributed by atoms with Gasteiger partial charge in [-0.15, -0.1) is 0 Å². The van der Waals surface area contributed by atoms with Crippen LogP contribution in [-0.2, 0) is 6.42 Å². The van der Waals surface area contributed by atoms with Crippen LogP contribution in [0.5, 0.6) is 0 Å². The lowest BCUT2D eigenvalue weighted by Gasteiger charge is -2.03. The van der Waals surface area contributed by atoms with Crippen LogP contribution < -0.4 is 0 Å². The number of rotatable bonds is 3. The third-order valence-corrected chi connectivity index (χ3v) is 3.98. The Bertz CT molecular complexity index is 717. The Morgan fingerprint density at radius 2 is 1.70 bits per heavy atom. The molecule has 0 unspecified atom stereocenters. The highest BCUT2D eigenvalue weighted by molar-refractivity contribution is 5.86. The summed E-state index contributed by atoms with van der Waals surface area (Å²) in [5, 5.41) is 1.30. The third kappa shape index (κ3) is 2.36. The first kappa shape index (κ1) is 13.0. The highest BCUT2D eigenvalue weighted by atomic mass is 14.7. The standard InChI is InChI=1S/C19H21N/c1-4-14-5-7-15(8-6-14)19-12-17-11-16(13(2)3)9-10-18(17)20-19/h5-13,20H,4H2,1-3H3. The molecule has 2 aromatic carbocycles. The fourth-order valence-corrected chi connectivity index (χ4v) is 2.59. The maximum atomic E-state index is 3.52. The lowest BCUT2D eigenvalue weighted by Crippen LogP contribution is -1.85. The van der Waals surface area contributed by atoms with E-state index in [1.54, 1.807) is 0 Å². The summed E-state index contributed by atoms with van der Waals surface area (Å²) in [5.41, 5.74) is 6.44. The van der Waals surface area contributed by atoms with Crippen molar-refractivity contribution in [3.63, 3.8) is 0 Å². The number of hydrogen-bond donors (Lipinski definition) is 1. The van der Waals surface area contributed by atoms with E-state index < -0.39 is 0 Å². The van der Waals surface area contributed by atoms with Gasteiger partial charge in [-0.2, -0.15) is 0 Å². The monoisotopic (exact) mass is 263 g/mol. The maximum Gasteiger partial charge on any atom is 0.0464 e. The van der Waals surface area contributed by atoms with Gasteiger partial charge in [-0.25, -0.2) is 0 Å². The average Bonchev–Trinajstić information content (AvgIpc) is 2.90. The number of aryl methyl sites for hydroxylation is 1. The predicted octanol–water partition coefficient (Wildman–Crippen LogP) is 5.52. The molecule has 3 rings (SSSR count). The van der Waals surface area contributed by atoms with Crippen molar-refractivity contribution < 1.29 is 0 Å². The highest BCUT2D eigenvalue weighted by Crippen LogP contribution is 2.27. The van der Waals surface area contributed by atoms with Crippen LogP contribution in [0.15, 0.2) is 48.5 Å². The van der Waals surface area contributed by atoms with E-state index in [0.717, 1.165) is 6.42 Å². The zero-order valence-electron chi connectivity index (χ0n) is 12.4. The molecule has 1 N–H and O–H groups in total. The molecule has 1 aromatic heterocycles. The second kappa shape index (κ2) is 5.16. The van der Waals surface area contributed by atoms with Gasteiger partial charge in [0.15, 0.2) is 0 Å². The molecule has 1 nitrogen and oxygen atoms in total. The van der Waals surface area contributed by atoms with Gasteiger partial charge in [-0.1, -0.05) is 51.1 Å². The van der Waals surface area contributed by atoms with E-state index in [0.29, 0.717) is 5.92 Å². The van der Waals surface area contributed by atoms with Crippen molar-refractivity contribution in [2.45, 2.75) is 33.1 Å². The Morgan fingerprint density at radius 3 is 2.35 bits per heavy atom. The zero-order valence-corrected chi connectivity index (χ0v) is 12.4. The molecule has 102 valence electrons. The van der Waals surface area contributed by atoms with Crippen molar-refractivity contribution >= 4 is 10.9 Å². The molecule has 0 saturated carbocycles. The van der Waals surface area contributed by atoms with Gasteiger partial charge < -0.3 is 4.98 Å². The van der Waals surface area contributed by atoms with Crippen molar-refractivity contribution in [1.29, 1.82) is 0 Å². The van der Waals surface area contributed by atoms with Gasteiger partial charge in [0.2, 0.25) is 0 Å². The zero-order chi connectivity index (χ0) is 14.1. The summed E-state index contributed by atoms with van der Waals surface area (Å²) >= 11 is 0. The summed E-state index contributed by atoms with van der Waals surface area (Å²) < 4.78 is 0. The van der Waals surface area contributed by atoms with E-state index in [9.17, 15) is 0 Å². The van der Waals surface area contributed by atoms with Gasteiger partial charge in [0.05, 0.1) is 0 Å². The number of benzene rings is 2. The summed E-state index contributed by atoms with van der Waals surface area (Å²) in [6.45, 7) is 6.65. The third-order valence-electron chi connectivity index (χ3n) is 3.98. The highest BCUT2D eigenvalue weighted by Gasteiger charge is 2.06. The molecule has 3 aromatic rings. The Morgan fingerprint density at radius 1 is 0.950 bits per heavy atom. The molecule has 0 bridgehead atoms. The minimum Gasteiger partial charge on any atom is -0.355 e. The Balaban J connectivity index is 2.03. The first-order chi connectivity index (χ1) is 9.67. The second-order valence-corrected chi connectivity index (χ2v) is 5.73. The minimum atomic E-state index is 0.571. The molecule has 0 atom stereocenters. The summed E-state index contributed by atoms with van der Waals surface area (Å²) in [6, 6.07) is 17.8. The van der Waals surface area contributed by atoms with Gasteiger partial charge >= 0.3 is 0 Å². The van der Waals surface area contributed by atoms with Gasteiger partial charge in [-0.05, 0) is 47.2 Å². The normalized spacial score (nSPS) is 11.4. The molecule has 20 heavy (non-hydrogen) atoms. The van der Waals surface area contributed by atoms with Crippen LogP contribution in [-0.4, -0.2) is 4.98 Å². The maximum absolute atomic E-state index is 3.52. The minimum absolute atomic E-state index is 0.571. The van der Waals surface area contributed by atoms with Crippen LogP contribution in [0.2, 0.25) is 0 Å². The van der Waals surface area contributed by atoms with E-state index in [1.165, 1.54) is 33.3 Å². The molecule has 0 amide bonds. The number of fused-ring (bicyclic) bond motifs is 1. The average molecular weight is 263 g/mol. The van der Waals surface area contributed by atoms with Crippen LogP contribution in [0.4, 0.5) is 0 Å². The smallest absolute Gasteiger partial charge is 0.0464 e. The van der Waals surface area contributed by atoms with Crippen molar-refractivity contribution in [3.05, 3.63) is 59.7 Å².